The molecule has 5 heteroatoms. The smallest absolute Gasteiger partial charge is 0.159 e. The molecule has 1 N–H and O–H groups in total. The van der Waals surface area contributed by atoms with E-state index in [9.17, 15) is 0 Å². The first-order valence-electron chi connectivity index (χ1n) is 7.03. The lowest BCUT2D eigenvalue weighted by Crippen LogP contribution is -2.17. The summed E-state index contributed by atoms with van der Waals surface area (Å²) in [7, 11) is 0. The van der Waals surface area contributed by atoms with Crippen LogP contribution < -0.4 is 5.32 Å². The third kappa shape index (κ3) is 4.02. The van der Waals surface area contributed by atoms with E-state index in [2.05, 4.69) is 38.1 Å². The maximum Gasteiger partial charge on any atom is 0.159 e. The number of hydrogen-bond donors (Lipinski definition) is 1. The molecule has 2 aromatic rings. The molecule has 0 atom stereocenters. The first kappa shape index (κ1) is 16.4. The van der Waals surface area contributed by atoms with E-state index in [0.717, 1.165) is 46.8 Å². The van der Waals surface area contributed by atoms with Gasteiger partial charge in [-0.3, -0.25) is 0 Å². The predicted octanol–water partition coefficient (Wildman–Crippen LogP) is 4.33. The molecule has 1 aromatic carbocycles. The average Bonchev–Trinajstić information content (AvgIpc) is 2.44. The third-order valence-electron chi connectivity index (χ3n) is 3.40. The first-order chi connectivity index (χ1) is 10.0. The van der Waals surface area contributed by atoms with Gasteiger partial charge in [-0.15, -0.1) is 0 Å². The van der Waals surface area contributed by atoms with Crippen molar-refractivity contribution < 1.29 is 0 Å². The second-order valence-corrected chi connectivity index (χ2v) is 6.19. The molecule has 3 nitrogen and oxygen atoms in total. The molecule has 0 unspecified atom stereocenters. The molecule has 2 rings (SSSR count). The predicted molar refractivity (Wildman–Crippen MR) is 91.9 cm³/mol. The molecule has 0 amide bonds. The highest BCUT2D eigenvalue weighted by atomic mass is 79.9. The Morgan fingerprint density at radius 2 is 1.86 bits per heavy atom. The van der Waals surface area contributed by atoms with Gasteiger partial charge in [0.1, 0.15) is 0 Å². The summed E-state index contributed by atoms with van der Waals surface area (Å²) < 4.78 is 0.858. The Bertz CT molecular complexity index is 620. The molecule has 0 radical (unpaired) electrons. The van der Waals surface area contributed by atoms with E-state index in [-0.39, 0.29) is 0 Å². The lowest BCUT2D eigenvalue weighted by atomic mass is 10.1. The van der Waals surface area contributed by atoms with Gasteiger partial charge in [0.25, 0.3) is 0 Å². The van der Waals surface area contributed by atoms with Crippen LogP contribution in [0.1, 0.15) is 23.9 Å². The van der Waals surface area contributed by atoms with Gasteiger partial charge in [0.05, 0.1) is 5.02 Å². The standard InChI is InChI=1S/C16H19BrClN3/c1-4-19-8-7-13-10(2)20-16(21-11(13)3)12-5-6-15(18)14(17)9-12/h5-6,9,19H,4,7-8H2,1-3H3. The van der Waals surface area contributed by atoms with Crippen molar-refractivity contribution in [3.05, 3.63) is 44.6 Å². The quantitative estimate of drug-likeness (QED) is 0.798. The molecule has 21 heavy (non-hydrogen) atoms. The summed E-state index contributed by atoms with van der Waals surface area (Å²) in [6, 6.07) is 5.75. The number of likely N-dealkylation sites (N-methyl/N-ethyl adjacent to an activating group) is 1. The lowest BCUT2D eigenvalue weighted by Gasteiger charge is -2.11. The van der Waals surface area contributed by atoms with Gasteiger partial charge in [0.15, 0.2) is 5.82 Å². The Balaban J connectivity index is 2.32. The normalized spacial score (nSPS) is 10.9. The summed E-state index contributed by atoms with van der Waals surface area (Å²) in [5.41, 5.74) is 4.28. The Hall–Kier alpha value is -0.970. The van der Waals surface area contributed by atoms with Crippen LogP contribution in [0.5, 0.6) is 0 Å². The van der Waals surface area contributed by atoms with Gasteiger partial charge in [-0.05, 0) is 73.1 Å². The third-order valence-corrected chi connectivity index (χ3v) is 4.61. The molecule has 0 saturated heterocycles. The monoisotopic (exact) mass is 367 g/mol. The van der Waals surface area contributed by atoms with Crippen LogP contribution in [0.2, 0.25) is 5.02 Å². The van der Waals surface area contributed by atoms with E-state index in [4.69, 9.17) is 11.6 Å². The average molecular weight is 369 g/mol. The van der Waals surface area contributed by atoms with E-state index in [1.165, 1.54) is 5.56 Å². The van der Waals surface area contributed by atoms with Gasteiger partial charge in [-0.2, -0.15) is 0 Å². The van der Waals surface area contributed by atoms with Crippen molar-refractivity contribution in [1.82, 2.24) is 15.3 Å². The molecule has 112 valence electrons. The minimum atomic E-state index is 0.689. The summed E-state index contributed by atoms with van der Waals surface area (Å²) in [6.07, 6.45) is 0.954. The fraction of sp³-hybridized carbons (Fsp3) is 0.375. The SMILES string of the molecule is CCNCCc1c(C)nc(-c2ccc(Cl)c(Br)c2)nc1C. The maximum absolute atomic E-state index is 6.03. The molecule has 0 bridgehead atoms. The summed E-state index contributed by atoms with van der Waals surface area (Å²) in [4.78, 5) is 9.30. The van der Waals surface area contributed by atoms with Crippen molar-refractivity contribution in [3.63, 3.8) is 0 Å². The van der Waals surface area contributed by atoms with Crippen molar-refractivity contribution in [2.75, 3.05) is 13.1 Å². The van der Waals surface area contributed by atoms with Crippen molar-refractivity contribution in [2.45, 2.75) is 27.2 Å². The molecule has 0 fully saturated rings. The Kier molecular flexibility index (Phi) is 5.73. The number of halogens is 2. The maximum atomic E-state index is 6.03. The molecule has 0 aliphatic rings. The molecular weight excluding hydrogens is 350 g/mol. The topological polar surface area (TPSA) is 37.8 Å². The number of benzene rings is 1. The van der Waals surface area contributed by atoms with Crippen molar-refractivity contribution in [3.8, 4) is 11.4 Å². The van der Waals surface area contributed by atoms with Crippen LogP contribution in [0.4, 0.5) is 0 Å². The van der Waals surface area contributed by atoms with Crippen LogP contribution in [0, 0.1) is 13.8 Å². The zero-order valence-electron chi connectivity index (χ0n) is 12.5. The molecular formula is C16H19BrClN3. The Labute approximate surface area is 139 Å². The zero-order valence-corrected chi connectivity index (χ0v) is 14.8. The second-order valence-electron chi connectivity index (χ2n) is 4.93. The molecule has 0 aliphatic heterocycles. The lowest BCUT2D eigenvalue weighted by molar-refractivity contribution is 0.708. The highest BCUT2D eigenvalue weighted by Gasteiger charge is 2.10. The fourth-order valence-corrected chi connectivity index (χ4v) is 2.75. The summed E-state index contributed by atoms with van der Waals surface area (Å²) in [6.45, 7) is 8.13. The van der Waals surface area contributed by atoms with Gasteiger partial charge in [0.2, 0.25) is 0 Å². The van der Waals surface area contributed by atoms with E-state index < -0.39 is 0 Å². The van der Waals surface area contributed by atoms with E-state index in [0.29, 0.717) is 5.02 Å². The van der Waals surface area contributed by atoms with Crippen LogP contribution >= 0.6 is 27.5 Å². The van der Waals surface area contributed by atoms with Gasteiger partial charge in [-0.25, -0.2) is 9.97 Å². The number of hydrogen-bond acceptors (Lipinski definition) is 3. The van der Waals surface area contributed by atoms with Gasteiger partial charge in [-0.1, -0.05) is 18.5 Å². The van der Waals surface area contributed by atoms with Gasteiger partial charge >= 0.3 is 0 Å². The van der Waals surface area contributed by atoms with E-state index in [1.807, 2.05) is 32.0 Å². The number of aromatic nitrogens is 2. The summed E-state index contributed by atoms with van der Waals surface area (Å²) >= 11 is 9.47. The molecule has 0 aliphatic carbocycles. The van der Waals surface area contributed by atoms with Crippen LogP contribution in [-0.4, -0.2) is 23.1 Å². The first-order valence-corrected chi connectivity index (χ1v) is 8.20. The molecule has 0 saturated carbocycles. The number of nitrogens with zero attached hydrogens (tertiary/aromatic N) is 2. The second kappa shape index (κ2) is 7.34. The number of nitrogens with one attached hydrogen (secondary N) is 1. The van der Waals surface area contributed by atoms with Gasteiger partial charge < -0.3 is 5.32 Å². The molecule has 0 spiro atoms. The minimum absolute atomic E-state index is 0.689. The summed E-state index contributed by atoms with van der Waals surface area (Å²) in [5.74, 6) is 0.745. The Morgan fingerprint density at radius 3 is 2.43 bits per heavy atom. The van der Waals surface area contributed by atoms with Crippen molar-refractivity contribution in [1.29, 1.82) is 0 Å². The van der Waals surface area contributed by atoms with Crippen LogP contribution in [0.3, 0.4) is 0 Å². The van der Waals surface area contributed by atoms with Crippen molar-refractivity contribution >= 4 is 27.5 Å². The fourth-order valence-electron chi connectivity index (χ4n) is 2.26. The largest absolute Gasteiger partial charge is 0.317 e. The Morgan fingerprint density at radius 1 is 1.19 bits per heavy atom. The zero-order chi connectivity index (χ0) is 15.4. The molecule has 1 aromatic heterocycles. The number of rotatable bonds is 5. The van der Waals surface area contributed by atoms with Crippen LogP contribution in [0.25, 0.3) is 11.4 Å². The highest BCUT2D eigenvalue weighted by Crippen LogP contribution is 2.28. The van der Waals surface area contributed by atoms with Crippen molar-refractivity contribution in [2.24, 2.45) is 0 Å². The highest BCUT2D eigenvalue weighted by molar-refractivity contribution is 9.10. The summed E-state index contributed by atoms with van der Waals surface area (Å²) in [5, 5.41) is 4.02. The molecule has 1 heterocycles. The van der Waals surface area contributed by atoms with E-state index >= 15 is 0 Å². The van der Waals surface area contributed by atoms with Crippen LogP contribution in [0.15, 0.2) is 22.7 Å². The van der Waals surface area contributed by atoms with Crippen LogP contribution in [-0.2, 0) is 6.42 Å². The number of aryl methyl sites for hydroxylation is 2. The van der Waals surface area contributed by atoms with E-state index in [1.54, 1.807) is 0 Å². The minimum Gasteiger partial charge on any atom is -0.317 e. The van der Waals surface area contributed by atoms with Gasteiger partial charge in [0, 0.05) is 21.4 Å².